The van der Waals surface area contributed by atoms with Gasteiger partial charge in [-0.2, -0.15) is 5.10 Å². The highest BCUT2D eigenvalue weighted by Crippen LogP contribution is 2.40. The molecule has 1 saturated carbocycles. The average molecular weight is 322 g/mol. The van der Waals surface area contributed by atoms with Crippen LogP contribution in [0.3, 0.4) is 0 Å². The van der Waals surface area contributed by atoms with Gasteiger partial charge in [-0.3, -0.25) is 4.68 Å². The molecule has 1 atom stereocenters. The largest absolute Gasteiger partial charge is 0.397 e. The second kappa shape index (κ2) is 5.55. The Kier molecular flexibility index (Phi) is 4.23. The third-order valence-electron chi connectivity index (χ3n) is 3.95. The lowest BCUT2D eigenvalue weighted by Gasteiger charge is -2.13. The molecule has 1 aromatic rings. The number of carbonyl (C=O) groups is 1. The van der Waals surface area contributed by atoms with Crippen molar-refractivity contribution in [2.45, 2.75) is 58.2 Å². The highest BCUT2D eigenvalue weighted by Gasteiger charge is 2.40. The summed E-state index contributed by atoms with van der Waals surface area (Å²) in [5, 5.41) is 3.99. The molecule has 0 radical (unpaired) electrons. The summed E-state index contributed by atoms with van der Waals surface area (Å²) in [6.07, 6.45) is -0.295. The van der Waals surface area contributed by atoms with Crippen LogP contribution in [0, 0.1) is 12.8 Å². The van der Waals surface area contributed by atoms with E-state index in [9.17, 15) is 22.5 Å². The number of halogens is 4. The number of aromatic nitrogens is 2. The Morgan fingerprint density at radius 1 is 1.50 bits per heavy atom. The molecule has 2 rings (SSSR count). The normalized spacial score (nSPS) is 21.1. The van der Waals surface area contributed by atoms with Crippen molar-refractivity contribution in [3.63, 3.8) is 0 Å². The van der Waals surface area contributed by atoms with Gasteiger partial charge in [0.15, 0.2) is 5.69 Å². The van der Waals surface area contributed by atoms with Gasteiger partial charge in [0, 0.05) is 29.5 Å². The van der Waals surface area contributed by atoms with Crippen LogP contribution in [-0.2, 0) is 17.2 Å². The van der Waals surface area contributed by atoms with Gasteiger partial charge in [0.05, 0.1) is 0 Å². The maximum atomic E-state index is 14.1. The van der Waals surface area contributed by atoms with Crippen LogP contribution < -0.4 is 0 Å². The van der Waals surface area contributed by atoms with Crippen molar-refractivity contribution in [2.75, 3.05) is 0 Å². The van der Waals surface area contributed by atoms with Gasteiger partial charge in [-0.05, 0) is 33.1 Å². The Balaban J connectivity index is 2.36. The molecule has 4 nitrogen and oxygen atoms in total. The van der Waals surface area contributed by atoms with Crippen molar-refractivity contribution in [1.29, 1.82) is 0 Å². The lowest BCUT2D eigenvalue weighted by Crippen LogP contribution is -2.18. The zero-order valence-electron chi connectivity index (χ0n) is 12.6. The predicted octanol–water partition coefficient (Wildman–Crippen LogP) is 3.87. The zero-order chi connectivity index (χ0) is 16.7. The monoisotopic (exact) mass is 322 g/mol. The summed E-state index contributed by atoms with van der Waals surface area (Å²) in [5.41, 5.74) is -1.96. The van der Waals surface area contributed by atoms with Gasteiger partial charge in [0.2, 0.25) is 5.92 Å². The molecule has 1 aliphatic carbocycles. The molecule has 22 heavy (non-hydrogen) atoms. The van der Waals surface area contributed by atoms with Crippen molar-refractivity contribution < 1.29 is 27.4 Å². The minimum atomic E-state index is -2.74. The quantitative estimate of drug-likeness (QED) is 0.790. The van der Waals surface area contributed by atoms with Gasteiger partial charge >= 0.3 is 5.97 Å². The Morgan fingerprint density at radius 2 is 2.14 bits per heavy atom. The number of nitrogens with zero attached hydrogens (tertiary/aromatic N) is 2. The molecule has 0 N–H and O–H groups in total. The van der Waals surface area contributed by atoms with E-state index in [1.807, 2.05) is 0 Å². The second-order valence-electron chi connectivity index (χ2n) is 6.31. The molecular weight excluding hydrogens is 304 g/mol. The van der Waals surface area contributed by atoms with Crippen molar-refractivity contribution in [3.8, 4) is 0 Å². The van der Waals surface area contributed by atoms with Gasteiger partial charge < -0.3 is 0 Å². The summed E-state index contributed by atoms with van der Waals surface area (Å²) < 4.78 is 54.0. The second-order valence-corrected chi connectivity index (χ2v) is 6.31. The van der Waals surface area contributed by atoms with Crippen molar-refractivity contribution >= 4 is 5.97 Å². The zero-order valence-corrected chi connectivity index (χ0v) is 12.6. The fourth-order valence-corrected chi connectivity index (χ4v) is 2.99. The molecule has 1 aromatic heterocycles. The summed E-state index contributed by atoms with van der Waals surface area (Å²) in [6.45, 7) is 3.93. The molecule has 1 fully saturated rings. The van der Waals surface area contributed by atoms with E-state index in [0.717, 1.165) is 4.68 Å². The molecule has 1 heterocycles. The Bertz CT molecular complexity index is 578. The van der Waals surface area contributed by atoms with Gasteiger partial charge in [0.25, 0.3) is 0 Å². The van der Waals surface area contributed by atoms with Crippen LogP contribution in [0.4, 0.5) is 17.7 Å². The van der Waals surface area contributed by atoms with Crippen LogP contribution in [0.5, 0.6) is 0 Å². The maximum Gasteiger partial charge on any atom is 0.397 e. The predicted molar refractivity (Wildman–Crippen MR) is 69.9 cm³/mol. The molecule has 0 aliphatic heterocycles. The molecular formula is C14H18F4N2O2. The minimum Gasteiger partial charge on any atom is -0.257 e. The van der Waals surface area contributed by atoms with Gasteiger partial charge in [0.1, 0.15) is 11.4 Å². The SMILES string of the molecule is Cc1c(C(C)(C)F)nn(CC2CCC(F)(F)C2)c1C(=O)OF. The van der Waals surface area contributed by atoms with Crippen LogP contribution in [0.1, 0.15) is 54.9 Å². The molecule has 0 spiro atoms. The number of hydrogen-bond donors (Lipinski definition) is 0. The van der Waals surface area contributed by atoms with E-state index in [1.165, 1.54) is 20.8 Å². The number of hydrogen-bond acceptors (Lipinski definition) is 3. The minimum absolute atomic E-state index is 0.00303. The van der Waals surface area contributed by atoms with E-state index >= 15 is 0 Å². The van der Waals surface area contributed by atoms with Crippen LogP contribution in [-0.4, -0.2) is 21.7 Å². The summed E-state index contributed by atoms with van der Waals surface area (Å²) >= 11 is 0. The summed E-state index contributed by atoms with van der Waals surface area (Å²) in [7, 11) is 0. The molecule has 1 aliphatic rings. The first-order valence-corrected chi connectivity index (χ1v) is 7.02. The first-order chi connectivity index (χ1) is 10.0. The standard InChI is InChI=1S/C14H18F4N2O2/c1-8-10(12(21)22-18)20(19-11(8)13(2,3)15)7-9-4-5-14(16,17)6-9/h9H,4-7H2,1-3H3. The summed E-state index contributed by atoms with van der Waals surface area (Å²) in [4.78, 5) is 14.8. The number of alkyl halides is 3. The van der Waals surface area contributed by atoms with E-state index in [0.29, 0.717) is 0 Å². The van der Waals surface area contributed by atoms with Crippen molar-refractivity contribution in [3.05, 3.63) is 17.0 Å². The Morgan fingerprint density at radius 3 is 2.59 bits per heavy atom. The summed E-state index contributed by atoms with van der Waals surface area (Å²) in [5.74, 6) is -4.45. The first kappa shape index (κ1) is 16.8. The van der Waals surface area contributed by atoms with Crippen molar-refractivity contribution in [2.24, 2.45) is 5.92 Å². The van der Waals surface area contributed by atoms with E-state index in [4.69, 9.17) is 0 Å². The Hall–Kier alpha value is -1.60. The molecule has 8 heteroatoms. The van der Waals surface area contributed by atoms with E-state index < -0.39 is 23.5 Å². The smallest absolute Gasteiger partial charge is 0.257 e. The third-order valence-corrected chi connectivity index (χ3v) is 3.95. The molecule has 0 aromatic carbocycles. The Labute approximate surface area is 125 Å². The summed E-state index contributed by atoms with van der Waals surface area (Å²) in [6, 6.07) is 0. The molecule has 0 bridgehead atoms. The third kappa shape index (κ3) is 3.25. The topological polar surface area (TPSA) is 44.1 Å². The fourth-order valence-electron chi connectivity index (χ4n) is 2.99. The fraction of sp³-hybridized carbons (Fsp3) is 0.714. The molecule has 124 valence electrons. The van der Waals surface area contributed by atoms with Crippen LogP contribution in [0.2, 0.25) is 0 Å². The van der Waals surface area contributed by atoms with Crippen LogP contribution in [0.25, 0.3) is 0 Å². The molecule has 0 amide bonds. The molecule has 0 saturated heterocycles. The number of carbonyl (C=O) groups excluding carboxylic acids is 1. The lowest BCUT2D eigenvalue weighted by molar-refractivity contribution is -0.0799. The number of rotatable bonds is 4. The van der Waals surface area contributed by atoms with E-state index in [-0.39, 0.29) is 42.8 Å². The van der Waals surface area contributed by atoms with Gasteiger partial charge in [-0.25, -0.2) is 22.9 Å². The van der Waals surface area contributed by atoms with Crippen molar-refractivity contribution in [1.82, 2.24) is 9.78 Å². The highest BCUT2D eigenvalue weighted by atomic mass is 19.3. The van der Waals surface area contributed by atoms with Crippen LogP contribution in [0.15, 0.2) is 0 Å². The van der Waals surface area contributed by atoms with Crippen LogP contribution >= 0.6 is 0 Å². The highest BCUT2D eigenvalue weighted by molar-refractivity contribution is 5.89. The average Bonchev–Trinajstić information content (AvgIpc) is 2.89. The first-order valence-electron chi connectivity index (χ1n) is 7.02. The van der Waals surface area contributed by atoms with Gasteiger partial charge in [-0.15, -0.1) is 0 Å². The maximum absolute atomic E-state index is 14.1. The van der Waals surface area contributed by atoms with Gasteiger partial charge in [-0.1, -0.05) is 0 Å². The van der Waals surface area contributed by atoms with E-state index in [1.54, 1.807) is 0 Å². The molecule has 1 unspecified atom stereocenters. The lowest BCUT2D eigenvalue weighted by atomic mass is 10.0. The van der Waals surface area contributed by atoms with E-state index in [2.05, 4.69) is 10.0 Å².